The highest BCUT2D eigenvalue weighted by Gasteiger charge is 2.06. The van der Waals surface area contributed by atoms with Crippen LogP contribution in [-0.4, -0.2) is 17.5 Å². The summed E-state index contributed by atoms with van der Waals surface area (Å²) < 4.78 is 35.2. The summed E-state index contributed by atoms with van der Waals surface area (Å²) in [7, 11) is -4.92. The van der Waals surface area contributed by atoms with Crippen LogP contribution in [0.15, 0.2) is 42.6 Å². The molecule has 0 bridgehead atoms. The Morgan fingerprint density at radius 3 is 1.93 bits per heavy atom. The summed E-state index contributed by atoms with van der Waals surface area (Å²) in [4.78, 5) is 0. The van der Waals surface area contributed by atoms with Gasteiger partial charge < -0.3 is 4.55 Å². The first kappa shape index (κ1) is 23.5. The van der Waals surface area contributed by atoms with Crippen molar-refractivity contribution in [3.05, 3.63) is 42.6 Å². The van der Waals surface area contributed by atoms with E-state index in [0.717, 1.165) is 6.54 Å². The number of unbranched alkanes of at least 4 members (excludes halogenated alkanes) is 9. The van der Waals surface area contributed by atoms with Gasteiger partial charge in [-0.3, -0.25) is 4.55 Å². The SMILES string of the molecule is CCCCCCCCCCCC[n+]1cccc2ccccc21.O=S(=O)([O-])O. The topological polar surface area (TPSA) is 81.3 Å². The molecule has 0 atom stereocenters. The number of hydrogen-bond acceptors (Lipinski definition) is 3. The molecule has 27 heavy (non-hydrogen) atoms. The van der Waals surface area contributed by atoms with Crippen LogP contribution >= 0.6 is 0 Å². The second-order valence-electron chi connectivity index (χ2n) is 6.87. The number of rotatable bonds is 11. The van der Waals surface area contributed by atoms with Gasteiger partial charge in [0, 0.05) is 23.9 Å². The van der Waals surface area contributed by atoms with Gasteiger partial charge in [0.15, 0.2) is 6.20 Å². The van der Waals surface area contributed by atoms with Crippen LogP contribution in [0.4, 0.5) is 0 Å². The third-order valence-corrected chi connectivity index (χ3v) is 4.54. The molecule has 1 aromatic carbocycles. The summed E-state index contributed by atoms with van der Waals surface area (Å²) in [6.07, 6.45) is 16.2. The maximum absolute atomic E-state index is 8.63. The van der Waals surface area contributed by atoms with Crippen LogP contribution < -0.4 is 4.57 Å². The Hall–Kier alpha value is -1.50. The lowest BCUT2D eigenvalue weighted by Crippen LogP contribution is -2.33. The van der Waals surface area contributed by atoms with Crippen molar-refractivity contribution in [1.29, 1.82) is 0 Å². The zero-order chi connectivity index (χ0) is 20.0. The van der Waals surface area contributed by atoms with Crippen molar-refractivity contribution >= 4 is 21.3 Å². The largest absolute Gasteiger partial charge is 0.726 e. The van der Waals surface area contributed by atoms with Gasteiger partial charge in [-0.25, -0.2) is 8.42 Å². The predicted octanol–water partition coefficient (Wildman–Crippen LogP) is 5.05. The molecule has 6 heteroatoms. The van der Waals surface area contributed by atoms with E-state index in [1.807, 2.05) is 0 Å². The van der Waals surface area contributed by atoms with Crippen LogP contribution in [0.25, 0.3) is 10.9 Å². The zero-order valence-corrected chi connectivity index (χ0v) is 17.2. The van der Waals surface area contributed by atoms with E-state index in [4.69, 9.17) is 17.5 Å². The summed E-state index contributed by atoms with van der Waals surface area (Å²) in [5.41, 5.74) is 1.36. The van der Waals surface area contributed by atoms with E-state index in [1.54, 1.807) is 0 Å². The first-order valence-electron chi connectivity index (χ1n) is 9.97. The highest BCUT2D eigenvalue weighted by Crippen LogP contribution is 2.11. The number of nitrogens with zero attached hydrogens (tertiary/aromatic N) is 1. The lowest BCUT2D eigenvalue weighted by molar-refractivity contribution is -0.671. The third kappa shape index (κ3) is 12.5. The van der Waals surface area contributed by atoms with Crippen LogP contribution in [0.5, 0.6) is 0 Å². The maximum Gasteiger partial charge on any atom is 0.215 e. The van der Waals surface area contributed by atoms with Gasteiger partial charge in [0.25, 0.3) is 0 Å². The molecular weight excluding hydrogens is 362 g/mol. The normalized spacial score (nSPS) is 11.2. The molecule has 0 aliphatic carbocycles. The number of fused-ring (bicyclic) bond motifs is 1. The summed E-state index contributed by atoms with van der Waals surface area (Å²) in [6, 6.07) is 13.0. The molecule has 1 heterocycles. The molecule has 0 saturated heterocycles. The zero-order valence-electron chi connectivity index (χ0n) is 16.3. The molecule has 1 N–H and O–H groups in total. The molecule has 2 aromatic rings. The molecule has 0 unspecified atom stereocenters. The van der Waals surface area contributed by atoms with E-state index in [-0.39, 0.29) is 0 Å². The van der Waals surface area contributed by atoms with Gasteiger partial charge in [-0.15, -0.1) is 0 Å². The quantitative estimate of drug-likeness (QED) is 0.250. The van der Waals surface area contributed by atoms with Crippen molar-refractivity contribution in [2.24, 2.45) is 0 Å². The van der Waals surface area contributed by atoms with E-state index in [0.29, 0.717) is 0 Å². The van der Waals surface area contributed by atoms with E-state index in [9.17, 15) is 0 Å². The van der Waals surface area contributed by atoms with Gasteiger partial charge >= 0.3 is 0 Å². The minimum atomic E-state index is -4.92. The molecule has 1 aromatic heterocycles. The van der Waals surface area contributed by atoms with Crippen molar-refractivity contribution in [3.63, 3.8) is 0 Å². The number of benzene rings is 1. The molecule has 0 amide bonds. The Kier molecular flexibility index (Phi) is 11.9. The molecule has 0 aliphatic rings. The standard InChI is InChI=1S/C21H32N.H2O4S/c1-2-3-4-5-6-7-8-9-10-13-18-22-19-14-16-20-15-11-12-17-21(20)22;1-5(2,3)4/h11-12,14-17,19H,2-10,13,18H2,1H3;(H2,1,2,3,4)/q+1;/p-1. The summed E-state index contributed by atoms with van der Waals surface area (Å²) in [5.74, 6) is 0. The number of aromatic nitrogens is 1. The van der Waals surface area contributed by atoms with Gasteiger partial charge in [-0.2, -0.15) is 4.57 Å². The second kappa shape index (κ2) is 13.6. The average Bonchev–Trinajstić information content (AvgIpc) is 2.62. The summed E-state index contributed by atoms with van der Waals surface area (Å²) >= 11 is 0. The highest BCUT2D eigenvalue weighted by molar-refractivity contribution is 7.79. The molecule has 2 rings (SSSR count). The minimum absolute atomic E-state index is 1.15. The summed E-state index contributed by atoms with van der Waals surface area (Å²) in [5, 5.41) is 1.34. The predicted molar refractivity (Wildman–Crippen MR) is 108 cm³/mol. The number of pyridine rings is 1. The van der Waals surface area contributed by atoms with E-state index >= 15 is 0 Å². The van der Waals surface area contributed by atoms with Gasteiger partial charge in [0.2, 0.25) is 15.9 Å². The third-order valence-electron chi connectivity index (χ3n) is 4.54. The molecule has 0 spiro atoms. The van der Waals surface area contributed by atoms with Crippen molar-refractivity contribution in [1.82, 2.24) is 0 Å². The first-order valence-corrected chi connectivity index (χ1v) is 11.3. The first-order chi connectivity index (χ1) is 12.9. The lowest BCUT2D eigenvalue weighted by atomic mass is 10.1. The number of para-hydroxylation sites is 1. The Bertz CT molecular complexity index is 733. The molecule has 5 nitrogen and oxygen atoms in total. The Morgan fingerprint density at radius 2 is 1.33 bits per heavy atom. The van der Waals surface area contributed by atoms with Gasteiger partial charge in [-0.05, 0) is 18.6 Å². The lowest BCUT2D eigenvalue weighted by Gasteiger charge is -2.03. The maximum atomic E-state index is 8.63. The van der Waals surface area contributed by atoms with Gasteiger partial charge in [-0.1, -0.05) is 70.4 Å². The van der Waals surface area contributed by atoms with Crippen LogP contribution in [0, 0.1) is 0 Å². The number of hydrogen-bond donors (Lipinski definition) is 1. The van der Waals surface area contributed by atoms with Gasteiger partial charge in [0.1, 0.15) is 6.54 Å². The van der Waals surface area contributed by atoms with Crippen molar-refractivity contribution in [3.8, 4) is 0 Å². The molecule has 0 radical (unpaired) electrons. The van der Waals surface area contributed by atoms with E-state index in [1.165, 1.54) is 75.1 Å². The molecule has 152 valence electrons. The fraction of sp³-hybridized carbons (Fsp3) is 0.571. The van der Waals surface area contributed by atoms with Crippen molar-refractivity contribution in [2.45, 2.75) is 77.7 Å². The minimum Gasteiger partial charge on any atom is -0.726 e. The Balaban J connectivity index is 0.000000646. The highest BCUT2D eigenvalue weighted by atomic mass is 32.3. The fourth-order valence-electron chi connectivity index (χ4n) is 3.19. The Morgan fingerprint density at radius 1 is 0.852 bits per heavy atom. The van der Waals surface area contributed by atoms with Crippen LogP contribution in [-0.2, 0) is 16.9 Å². The van der Waals surface area contributed by atoms with Crippen LogP contribution in [0.2, 0.25) is 0 Å². The van der Waals surface area contributed by atoms with Crippen LogP contribution in [0.3, 0.4) is 0 Å². The molecule has 0 saturated carbocycles. The van der Waals surface area contributed by atoms with Crippen molar-refractivity contribution in [2.75, 3.05) is 0 Å². The Labute approximate surface area is 164 Å². The molecular formula is C21H33NO4S. The average molecular weight is 396 g/mol. The summed E-state index contributed by atoms with van der Waals surface area (Å²) in [6.45, 7) is 3.44. The van der Waals surface area contributed by atoms with E-state index < -0.39 is 10.4 Å². The second-order valence-corrected chi connectivity index (χ2v) is 7.73. The fourth-order valence-corrected chi connectivity index (χ4v) is 3.19. The van der Waals surface area contributed by atoms with E-state index in [2.05, 4.69) is 54.1 Å². The number of aryl methyl sites for hydroxylation is 1. The van der Waals surface area contributed by atoms with Gasteiger partial charge in [0.05, 0.1) is 0 Å². The molecule has 0 aliphatic heterocycles. The molecule has 0 fully saturated rings. The monoisotopic (exact) mass is 395 g/mol. The smallest absolute Gasteiger partial charge is 0.215 e. The van der Waals surface area contributed by atoms with Crippen LogP contribution in [0.1, 0.15) is 71.1 Å². The van der Waals surface area contributed by atoms with Crippen molar-refractivity contribution < 1.29 is 22.1 Å².